The number of amides is 1. The van der Waals surface area contributed by atoms with Gasteiger partial charge in [0.1, 0.15) is 6.10 Å². The molecule has 2 aliphatic rings. The van der Waals surface area contributed by atoms with Crippen LogP contribution in [0.3, 0.4) is 0 Å². The SMILES string of the molecule is CC[C@H](OC)[C@@H](C)[C@H]1O[C@]1(C)C[C@H](C)/C=C/C=C(\C)[C@H]1O[C@@H](CC(=O)O)C[C@@H](OC(=O)N(CC)CC)[C@@H]1C. The zero-order valence-corrected chi connectivity index (χ0v) is 24.9. The van der Waals surface area contributed by atoms with Crippen molar-refractivity contribution in [2.24, 2.45) is 17.8 Å². The number of carbonyl (C=O) groups is 2. The fourth-order valence-electron chi connectivity index (χ4n) is 5.98. The van der Waals surface area contributed by atoms with E-state index in [2.05, 4.69) is 33.8 Å². The second kappa shape index (κ2) is 14.5. The lowest BCUT2D eigenvalue weighted by Crippen LogP contribution is -2.47. The number of carboxylic acid groups (broad SMARTS) is 1. The monoisotopic (exact) mass is 537 g/mol. The third-order valence-corrected chi connectivity index (χ3v) is 8.26. The van der Waals surface area contributed by atoms with Crippen LogP contribution >= 0.6 is 0 Å². The van der Waals surface area contributed by atoms with E-state index in [1.807, 2.05) is 39.8 Å². The Morgan fingerprint density at radius 3 is 2.42 bits per heavy atom. The zero-order valence-electron chi connectivity index (χ0n) is 24.9. The molecule has 2 rings (SSSR count). The van der Waals surface area contributed by atoms with Gasteiger partial charge in [0, 0.05) is 38.5 Å². The van der Waals surface area contributed by atoms with Gasteiger partial charge in [-0.15, -0.1) is 0 Å². The molecule has 0 aromatic carbocycles. The van der Waals surface area contributed by atoms with Crippen LogP contribution < -0.4 is 0 Å². The molecule has 0 radical (unpaired) electrons. The minimum absolute atomic E-state index is 0.102. The van der Waals surface area contributed by atoms with Gasteiger partial charge in [-0.25, -0.2) is 4.79 Å². The van der Waals surface area contributed by atoms with Crippen LogP contribution in [-0.4, -0.2) is 78.4 Å². The van der Waals surface area contributed by atoms with Gasteiger partial charge >= 0.3 is 12.1 Å². The number of carboxylic acids is 1. The molecule has 2 fully saturated rings. The van der Waals surface area contributed by atoms with Crippen molar-refractivity contribution >= 4 is 12.1 Å². The molecular weight excluding hydrogens is 486 g/mol. The fourth-order valence-corrected chi connectivity index (χ4v) is 5.98. The molecule has 8 nitrogen and oxygen atoms in total. The number of epoxide rings is 1. The van der Waals surface area contributed by atoms with Crippen LogP contribution in [0, 0.1) is 17.8 Å². The Labute approximate surface area is 229 Å². The van der Waals surface area contributed by atoms with Crippen molar-refractivity contribution in [3.63, 3.8) is 0 Å². The highest BCUT2D eigenvalue weighted by molar-refractivity contribution is 5.68. The fraction of sp³-hybridized carbons (Fsp3) is 0.800. The average molecular weight is 538 g/mol. The first-order valence-electron chi connectivity index (χ1n) is 14.3. The Morgan fingerprint density at radius 2 is 1.87 bits per heavy atom. The molecule has 2 saturated heterocycles. The van der Waals surface area contributed by atoms with Crippen LogP contribution in [0.2, 0.25) is 0 Å². The number of aliphatic carboxylic acids is 1. The smallest absolute Gasteiger partial charge is 0.410 e. The first-order chi connectivity index (χ1) is 17.9. The number of rotatable bonds is 14. The van der Waals surface area contributed by atoms with Crippen LogP contribution in [0.1, 0.15) is 81.1 Å². The molecule has 0 aliphatic carbocycles. The third-order valence-electron chi connectivity index (χ3n) is 8.26. The molecule has 218 valence electrons. The predicted octanol–water partition coefficient (Wildman–Crippen LogP) is 5.85. The van der Waals surface area contributed by atoms with Crippen LogP contribution in [0.15, 0.2) is 23.8 Å². The molecule has 38 heavy (non-hydrogen) atoms. The van der Waals surface area contributed by atoms with Crippen LogP contribution in [0.4, 0.5) is 4.79 Å². The number of allylic oxidation sites excluding steroid dienone is 3. The van der Waals surface area contributed by atoms with Gasteiger partial charge in [0.25, 0.3) is 0 Å². The summed E-state index contributed by atoms with van der Waals surface area (Å²) in [5.41, 5.74) is 0.840. The number of nitrogens with zero attached hydrogens (tertiary/aromatic N) is 1. The Hall–Kier alpha value is -1.90. The molecule has 0 spiro atoms. The van der Waals surface area contributed by atoms with Gasteiger partial charge in [0.05, 0.1) is 36.4 Å². The van der Waals surface area contributed by atoms with Gasteiger partial charge in [-0.05, 0) is 52.0 Å². The quantitative estimate of drug-likeness (QED) is 0.219. The van der Waals surface area contributed by atoms with Crippen molar-refractivity contribution < 1.29 is 33.6 Å². The lowest BCUT2D eigenvalue weighted by Gasteiger charge is -2.40. The van der Waals surface area contributed by atoms with E-state index in [-0.39, 0.29) is 42.3 Å². The van der Waals surface area contributed by atoms with Crippen molar-refractivity contribution in [3.05, 3.63) is 23.8 Å². The molecule has 2 aliphatic heterocycles. The lowest BCUT2D eigenvalue weighted by molar-refractivity contribution is -0.151. The predicted molar refractivity (Wildman–Crippen MR) is 148 cm³/mol. The van der Waals surface area contributed by atoms with Crippen LogP contribution in [-0.2, 0) is 23.7 Å². The third kappa shape index (κ3) is 8.55. The van der Waals surface area contributed by atoms with E-state index in [9.17, 15) is 14.7 Å². The Kier molecular flexibility index (Phi) is 12.3. The van der Waals surface area contributed by atoms with E-state index >= 15 is 0 Å². The maximum absolute atomic E-state index is 12.6. The van der Waals surface area contributed by atoms with Gasteiger partial charge in [-0.3, -0.25) is 4.79 Å². The molecule has 2 heterocycles. The highest BCUT2D eigenvalue weighted by Gasteiger charge is 2.56. The lowest BCUT2D eigenvalue weighted by atomic mass is 9.85. The van der Waals surface area contributed by atoms with Gasteiger partial charge < -0.3 is 29.0 Å². The summed E-state index contributed by atoms with van der Waals surface area (Å²) in [6, 6.07) is 0. The number of hydrogen-bond donors (Lipinski definition) is 1. The standard InChI is InChI=1S/C30H51NO7/c1-10-24(35-9)22(7)28-30(8,38-28)18-19(4)14-13-15-20(5)27-21(6)25(16-23(36-27)17-26(32)33)37-29(34)31(11-2)12-3/h13-15,19,21-25,27-28H,10-12,16-18H2,1-9H3,(H,32,33)/b14-13+,20-15+/t19-,21+,22-,23-,24+,25-,27-,28-,30-/m1/s1. The summed E-state index contributed by atoms with van der Waals surface area (Å²) in [6.07, 6.45) is 7.17. The summed E-state index contributed by atoms with van der Waals surface area (Å²) in [5.74, 6) is -0.363. The summed E-state index contributed by atoms with van der Waals surface area (Å²) in [6.45, 7) is 17.6. The molecular formula is C30H51NO7. The van der Waals surface area contributed by atoms with E-state index in [1.54, 1.807) is 12.0 Å². The summed E-state index contributed by atoms with van der Waals surface area (Å²) >= 11 is 0. The molecule has 9 atom stereocenters. The van der Waals surface area contributed by atoms with Gasteiger partial charge in [-0.1, -0.05) is 45.9 Å². The molecule has 0 bridgehead atoms. The summed E-state index contributed by atoms with van der Waals surface area (Å²) in [7, 11) is 1.77. The molecule has 0 aromatic heterocycles. The van der Waals surface area contributed by atoms with Crippen molar-refractivity contribution in [2.75, 3.05) is 20.2 Å². The molecule has 8 heteroatoms. The van der Waals surface area contributed by atoms with E-state index in [4.69, 9.17) is 18.9 Å². The number of ether oxygens (including phenoxy) is 4. The maximum atomic E-state index is 12.6. The largest absolute Gasteiger partial charge is 0.481 e. The van der Waals surface area contributed by atoms with Crippen molar-refractivity contribution in [1.29, 1.82) is 0 Å². The normalized spacial score (nSPS) is 32.0. The van der Waals surface area contributed by atoms with Gasteiger partial charge in [0.2, 0.25) is 0 Å². The van der Waals surface area contributed by atoms with E-state index < -0.39 is 18.2 Å². The highest BCUT2D eigenvalue weighted by Crippen LogP contribution is 2.47. The topological polar surface area (TPSA) is 97.8 Å². The minimum Gasteiger partial charge on any atom is -0.481 e. The number of carbonyl (C=O) groups excluding carboxylic acids is 1. The minimum atomic E-state index is -0.924. The highest BCUT2D eigenvalue weighted by atomic mass is 16.6. The van der Waals surface area contributed by atoms with Crippen molar-refractivity contribution in [1.82, 2.24) is 4.90 Å². The van der Waals surface area contributed by atoms with E-state index in [1.165, 1.54) is 0 Å². The average Bonchev–Trinajstić information content (AvgIpc) is 3.52. The van der Waals surface area contributed by atoms with Crippen molar-refractivity contribution in [3.8, 4) is 0 Å². The molecule has 0 aromatic rings. The van der Waals surface area contributed by atoms with E-state index in [0.717, 1.165) is 18.4 Å². The number of hydrogen-bond acceptors (Lipinski definition) is 6. The zero-order chi connectivity index (χ0) is 28.6. The Bertz CT molecular complexity index is 834. The first kappa shape index (κ1) is 32.3. The molecule has 1 N–H and O–H groups in total. The maximum Gasteiger partial charge on any atom is 0.410 e. The Balaban J connectivity index is 2.05. The Morgan fingerprint density at radius 1 is 1.21 bits per heavy atom. The number of methoxy groups -OCH3 is 1. The molecule has 1 amide bonds. The summed E-state index contributed by atoms with van der Waals surface area (Å²) in [5, 5.41) is 9.36. The summed E-state index contributed by atoms with van der Waals surface area (Å²) < 4.78 is 23.8. The summed E-state index contributed by atoms with van der Waals surface area (Å²) in [4.78, 5) is 25.7. The first-order valence-corrected chi connectivity index (χ1v) is 14.3. The second-order valence-corrected chi connectivity index (χ2v) is 11.3. The van der Waals surface area contributed by atoms with Gasteiger partial charge in [-0.2, -0.15) is 0 Å². The van der Waals surface area contributed by atoms with Crippen LogP contribution in [0.5, 0.6) is 0 Å². The molecule has 0 saturated carbocycles. The van der Waals surface area contributed by atoms with E-state index in [0.29, 0.717) is 31.3 Å². The molecule has 0 unspecified atom stereocenters. The van der Waals surface area contributed by atoms with Gasteiger partial charge in [0.15, 0.2) is 0 Å². The van der Waals surface area contributed by atoms with Crippen molar-refractivity contribution in [2.45, 2.75) is 117 Å². The van der Waals surface area contributed by atoms with Crippen LogP contribution in [0.25, 0.3) is 0 Å². The second-order valence-electron chi connectivity index (χ2n) is 11.3.